The van der Waals surface area contributed by atoms with Crippen molar-refractivity contribution in [1.82, 2.24) is 15.3 Å². The van der Waals surface area contributed by atoms with Crippen LogP contribution in [0.15, 0.2) is 60.9 Å². The van der Waals surface area contributed by atoms with Crippen molar-refractivity contribution >= 4 is 29.0 Å². The van der Waals surface area contributed by atoms with E-state index < -0.39 is 5.82 Å². The molecule has 1 amide bonds. The molecule has 3 rings (SSSR count). The first kappa shape index (κ1) is 18.8. The third-order valence-electron chi connectivity index (χ3n) is 3.85. The molecule has 3 aromatic rings. The fourth-order valence-corrected chi connectivity index (χ4v) is 2.64. The predicted octanol–water partition coefficient (Wildman–Crippen LogP) is 4.38. The molecule has 0 aliphatic rings. The molecule has 0 bridgehead atoms. The smallest absolute Gasteiger partial charge is 0.271 e. The van der Waals surface area contributed by atoms with Gasteiger partial charge in [-0.15, -0.1) is 0 Å². The van der Waals surface area contributed by atoms with Crippen molar-refractivity contribution in [1.29, 1.82) is 0 Å². The Morgan fingerprint density at radius 1 is 1.07 bits per heavy atom. The average Bonchev–Trinajstić information content (AvgIpc) is 2.69. The number of hydrogen-bond donors (Lipinski definition) is 2. The van der Waals surface area contributed by atoms with Crippen LogP contribution in [0.3, 0.4) is 0 Å². The zero-order valence-corrected chi connectivity index (χ0v) is 15.2. The van der Waals surface area contributed by atoms with E-state index >= 15 is 0 Å². The van der Waals surface area contributed by atoms with Gasteiger partial charge in [0.05, 0.1) is 17.4 Å². The summed E-state index contributed by atoms with van der Waals surface area (Å²) in [4.78, 5) is 20.4. The summed E-state index contributed by atoms with van der Waals surface area (Å²) >= 11 is 5.74. The maximum absolute atomic E-state index is 13.2. The van der Waals surface area contributed by atoms with E-state index in [4.69, 9.17) is 11.6 Å². The fraction of sp³-hybridized carbons (Fsp3) is 0.150. The monoisotopic (exact) mass is 384 g/mol. The average molecular weight is 385 g/mol. The minimum absolute atomic E-state index is 0.0134. The minimum atomic E-state index is -0.493. The van der Waals surface area contributed by atoms with Crippen LogP contribution in [0.4, 0.5) is 15.9 Å². The molecular formula is C20H18ClFN4O. The van der Waals surface area contributed by atoms with Crippen LogP contribution in [-0.2, 0) is 6.42 Å². The van der Waals surface area contributed by atoms with Crippen molar-refractivity contribution < 1.29 is 9.18 Å². The lowest BCUT2D eigenvalue weighted by Crippen LogP contribution is -2.25. The second-order valence-corrected chi connectivity index (χ2v) is 6.29. The standard InChI is InChI=1S/C20H18ClFN4O/c21-16-11-15(8-9-17(16)22)26-19-13-24-18(12-25-19)20(27)23-10-4-7-14-5-2-1-3-6-14/h1-3,5-6,8-9,11-13H,4,7,10H2,(H,23,27)(H,25,26). The molecule has 0 aliphatic carbocycles. The number of anilines is 2. The van der Waals surface area contributed by atoms with Crippen LogP contribution in [0.5, 0.6) is 0 Å². The van der Waals surface area contributed by atoms with Crippen molar-refractivity contribution in [2.75, 3.05) is 11.9 Å². The van der Waals surface area contributed by atoms with Gasteiger partial charge in [0, 0.05) is 12.2 Å². The summed E-state index contributed by atoms with van der Waals surface area (Å²) in [7, 11) is 0. The van der Waals surface area contributed by atoms with Crippen LogP contribution >= 0.6 is 11.6 Å². The normalized spacial score (nSPS) is 10.4. The van der Waals surface area contributed by atoms with Crippen molar-refractivity contribution in [3.63, 3.8) is 0 Å². The van der Waals surface area contributed by atoms with Gasteiger partial charge < -0.3 is 10.6 Å². The Bertz CT molecular complexity index is 904. The molecule has 138 valence electrons. The van der Waals surface area contributed by atoms with Crippen LogP contribution in [0.2, 0.25) is 5.02 Å². The third kappa shape index (κ3) is 5.49. The van der Waals surface area contributed by atoms with E-state index in [2.05, 4.69) is 32.7 Å². The minimum Gasteiger partial charge on any atom is -0.351 e. The Morgan fingerprint density at radius 3 is 2.59 bits per heavy atom. The summed E-state index contributed by atoms with van der Waals surface area (Å²) in [5.41, 5.74) is 2.05. The highest BCUT2D eigenvalue weighted by Crippen LogP contribution is 2.21. The molecule has 1 aromatic heterocycles. The lowest BCUT2D eigenvalue weighted by atomic mass is 10.1. The first-order valence-electron chi connectivity index (χ1n) is 8.48. The van der Waals surface area contributed by atoms with Crippen molar-refractivity contribution in [3.05, 3.63) is 83.0 Å². The summed E-state index contributed by atoms with van der Waals surface area (Å²) in [6.07, 6.45) is 4.57. The van der Waals surface area contributed by atoms with Gasteiger partial charge in [0.25, 0.3) is 5.91 Å². The first-order valence-corrected chi connectivity index (χ1v) is 8.86. The number of carbonyl (C=O) groups is 1. The Hall–Kier alpha value is -2.99. The molecular weight excluding hydrogens is 367 g/mol. The van der Waals surface area contributed by atoms with Gasteiger partial charge in [-0.2, -0.15) is 0 Å². The first-order chi connectivity index (χ1) is 13.1. The lowest BCUT2D eigenvalue weighted by Gasteiger charge is -2.07. The molecule has 0 spiro atoms. The number of aryl methyl sites for hydroxylation is 1. The molecule has 0 aliphatic heterocycles. The topological polar surface area (TPSA) is 66.9 Å². The number of rotatable bonds is 7. The van der Waals surface area contributed by atoms with Crippen LogP contribution in [0.1, 0.15) is 22.5 Å². The number of nitrogens with one attached hydrogen (secondary N) is 2. The fourth-order valence-electron chi connectivity index (χ4n) is 2.46. The summed E-state index contributed by atoms with van der Waals surface area (Å²) < 4.78 is 13.2. The zero-order valence-electron chi connectivity index (χ0n) is 14.5. The van der Waals surface area contributed by atoms with E-state index in [1.165, 1.54) is 36.2 Å². The predicted molar refractivity (Wildman–Crippen MR) is 104 cm³/mol. The molecule has 5 nitrogen and oxygen atoms in total. The van der Waals surface area contributed by atoms with E-state index in [1.54, 1.807) is 0 Å². The van der Waals surface area contributed by atoms with Gasteiger partial charge in [0.2, 0.25) is 0 Å². The van der Waals surface area contributed by atoms with E-state index in [0.717, 1.165) is 12.8 Å². The van der Waals surface area contributed by atoms with Crippen LogP contribution < -0.4 is 10.6 Å². The Kier molecular flexibility index (Phi) is 6.33. The highest BCUT2D eigenvalue weighted by molar-refractivity contribution is 6.31. The van der Waals surface area contributed by atoms with Gasteiger partial charge in [-0.05, 0) is 36.6 Å². The molecule has 0 unspecified atom stereocenters. The quantitative estimate of drug-likeness (QED) is 0.593. The van der Waals surface area contributed by atoms with Gasteiger partial charge in [-0.1, -0.05) is 41.9 Å². The second-order valence-electron chi connectivity index (χ2n) is 5.89. The maximum Gasteiger partial charge on any atom is 0.271 e. The molecule has 0 saturated carbocycles. The largest absolute Gasteiger partial charge is 0.351 e. The molecule has 0 atom stereocenters. The summed E-state index contributed by atoms with van der Waals surface area (Å²) in [5.74, 6) is -0.335. The van der Waals surface area contributed by atoms with Crippen LogP contribution in [-0.4, -0.2) is 22.4 Å². The number of aromatic nitrogens is 2. The second kappa shape index (κ2) is 9.09. The molecule has 2 aromatic carbocycles. The van der Waals surface area contributed by atoms with Gasteiger partial charge in [0.1, 0.15) is 17.3 Å². The number of halogens is 2. The maximum atomic E-state index is 13.2. The number of carbonyl (C=O) groups excluding carboxylic acids is 1. The third-order valence-corrected chi connectivity index (χ3v) is 4.14. The molecule has 0 saturated heterocycles. The Labute approximate surface area is 161 Å². The van der Waals surface area contributed by atoms with E-state index in [9.17, 15) is 9.18 Å². The number of nitrogens with zero attached hydrogens (tertiary/aromatic N) is 2. The Morgan fingerprint density at radius 2 is 1.89 bits per heavy atom. The molecule has 27 heavy (non-hydrogen) atoms. The van der Waals surface area contributed by atoms with Crippen molar-refractivity contribution in [3.8, 4) is 0 Å². The number of amides is 1. The molecule has 2 N–H and O–H groups in total. The van der Waals surface area contributed by atoms with E-state index in [0.29, 0.717) is 18.1 Å². The summed E-state index contributed by atoms with van der Waals surface area (Å²) in [6.45, 7) is 0.559. The Balaban J connectivity index is 1.48. The molecule has 7 heteroatoms. The molecule has 0 fully saturated rings. The highest BCUT2D eigenvalue weighted by Gasteiger charge is 2.08. The molecule has 1 heterocycles. The van der Waals surface area contributed by atoms with Gasteiger partial charge in [0.15, 0.2) is 0 Å². The lowest BCUT2D eigenvalue weighted by molar-refractivity contribution is 0.0948. The van der Waals surface area contributed by atoms with Gasteiger partial charge in [-0.25, -0.2) is 14.4 Å². The van der Waals surface area contributed by atoms with Gasteiger partial charge in [-0.3, -0.25) is 4.79 Å². The summed E-state index contributed by atoms with van der Waals surface area (Å²) in [5, 5.41) is 5.80. The zero-order chi connectivity index (χ0) is 19.1. The number of hydrogen-bond acceptors (Lipinski definition) is 4. The van der Waals surface area contributed by atoms with Crippen molar-refractivity contribution in [2.45, 2.75) is 12.8 Å². The number of benzene rings is 2. The molecule has 0 radical (unpaired) electrons. The van der Waals surface area contributed by atoms with Crippen LogP contribution in [0.25, 0.3) is 0 Å². The van der Waals surface area contributed by atoms with E-state index in [1.807, 2.05) is 18.2 Å². The van der Waals surface area contributed by atoms with Crippen molar-refractivity contribution in [2.24, 2.45) is 0 Å². The SMILES string of the molecule is O=C(NCCCc1ccccc1)c1cnc(Nc2ccc(F)c(Cl)c2)cn1. The van der Waals surface area contributed by atoms with Crippen LogP contribution in [0, 0.1) is 5.82 Å². The van der Waals surface area contributed by atoms with Gasteiger partial charge >= 0.3 is 0 Å². The highest BCUT2D eigenvalue weighted by atomic mass is 35.5. The van der Waals surface area contributed by atoms with E-state index in [-0.39, 0.29) is 16.6 Å². The summed E-state index contributed by atoms with van der Waals surface area (Å²) in [6, 6.07) is 14.4.